The Morgan fingerprint density at radius 1 is 1.30 bits per heavy atom. The third-order valence-corrected chi connectivity index (χ3v) is 4.23. The Labute approximate surface area is 128 Å². The highest BCUT2D eigenvalue weighted by molar-refractivity contribution is 7.80. The number of thiocarbonyl (C=S) groups is 1. The predicted octanol–water partition coefficient (Wildman–Crippen LogP) is 3.54. The van der Waals surface area contributed by atoms with Crippen LogP contribution in [-0.2, 0) is 13.1 Å². The third-order valence-electron chi connectivity index (χ3n) is 3.14. The summed E-state index contributed by atoms with van der Waals surface area (Å²) in [6, 6.07) is 9.33. The van der Waals surface area contributed by atoms with Crippen LogP contribution in [-0.4, -0.2) is 16.4 Å². The number of hydrogen-bond donors (Lipinski definition) is 1. The topological polar surface area (TPSA) is 29.3 Å². The lowest BCUT2D eigenvalue weighted by Crippen LogP contribution is -2.23. The second-order valence-electron chi connectivity index (χ2n) is 4.53. The molecular formula is C15H17FN2S2. The first-order chi connectivity index (χ1) is 9.61. The van der Waals surface area contributed by atoms with Crippen LogP contribution in [0.2, 0.25) is 0 Å². The van der Waals surface area contributed by atoms with Crippen molar-refractivity contribution in [3.8, 4) is 0 Å². The summed E-state index contributed by atoms with van der Waals surface area (Å²) in [6.07, 6.45) is 0. The van der Waals surface area contributed by atoms with Crippen LogP contribution in [0.1, 0.15) is 22.9 Å². The number of thiophene rings is 1. The van der Waals surface area contributed by atoms with E-state index in [0.717, 1.165) is 13.1 Å². The van der Waals surface area contributed by atoms with Crippen LogP contribution < -0.4 is 5.73 Å². The average Bonchev–Trinajstić information content (AvgIpc) is 2.92. The molecule has 20 heavy (non-hydrogen) atoms. The van der Waals surface area contributed by atoms with E-state index in [1.54, 1.807) is 29.5 Å². The lowest BCUT2D eigenvalue weighted by atomic mass is 10.1. The highest BCUT2D eigenvalue weighted by Gasteiger charge is 2.13. The van der Waals surface area contributed by atoms with Gasteiger partial charge in [0.15, 0.2) is 0 Å². The molecule has 0 saturated carbocycles. The van der Waals surface area contributed by atoms with Gasteiger partial charge < -0.3 is 5.73 Å². The molecule has 1 aromatic carbocycles. The Balaban J connectivity index is 2.15. The number of nitrogens with zero attached hydrogens (tertiary/aromatic N) is 1. The number of benzene rings is 1. The van der Waals surface area contributed by atoms with Gasteiger partial charge in [-0.05, 0) is 24.1 Å². The lowest BCUT2D eigenvalue weighted by Gasteiger charge is -2.20. The molecule has 5 heteroatoms. The van der Waals surface area contributed by atoms with Crippen LogP contribution in [0.3, 0.4) is 0 Å². The number of halogens is 1. The van der Waals surface area contributed by atoms with E-state index in [1.807, 2.05) is 6.07 Å². The van der Waals surface area contributed by atoms with Gasteiger partial charge in [-0.3, -0.25) is 4.90 Å². The van der Waals surface area contributed by atoms with E-state index in [0.29, 0.717) is 17.7 Å². The van der Waals surface area contributed by atoms with Gasteiger partial charge in [0.1, 0.15) is 10.8 Å². The minimum absolute atomic E-state index is 0.102. The van der Waals surface area contributed by atoms with Gasteiger partial charge in [-0.1, -0.05) is 37.3 Å². The van der Waals surface area contributed by atoms with Crippen molar-refractivity contribution in [1.82, 2.24) is 4.90 Å². The van der Waals surface area contributed by atoms with Crippen molar-refractivity contribution in [3.63, 3.8) is 0 Å². The van der Waals surface area contributed by atoms with Crippen molar-refractivity contribution < 1.29 is 4.39 Å². The van der Waals surface area contributed by atoms with E-state index >= 15 is 0 Å². The van der Waals surface area contributed by atoms with E-state index in [9.17, 15) is 4.39 Å². The van der Waals surface area contributed by atoms with E-state index in [-0.39, 0.29) is 10.8 Å². The van der Waals surface area contributed by atoms with Gasteiger partial charge in [-0.15, -0.1) is 11.3 Å². The smallest absolute Gasteiger partial charge is 0.137 e. The first-order valence-electron chi connectivity index (χ1n) is 6.43. The monoisotopic (exact) mass is 308 g/mol. The Morgan fingerprint density at radius 2 is 2.10 bits per heavy atom. The summed E-state index contributed by atoms with van der Waals surface area (Å²) in [7, 11) is 0. The fraction of sp³-hybridized carbons (Fsp3) is 0.267. The second-order valence-corrected chi connectivity index (χ2v) is 6.00. The minimum atomic E-state index is -0.301. The highest BCUT2D eigenvalue weighted by atomic mass is 32.1. The van der Waals surface area contributed by atoms with Crippen LogP contribution in [0.5, 0.6) is 0 Å². The van der Waals surface area contributed by atoms with Gasteiger partial charge >= 0.3 is 0 Å². The zero-order valence-electron chi connectivity index (χ0n) is 11.3. The van der Waals surface area contributed by atoms with E-state index in [1.165, 1.54) is 4.88 Å². The number of nitrogens with two attached hydrogens (primary N) is 1. The molecule has 1 aromatic heterocycles. The van der Waals surface area contributed by atoms with E-state index in [2.05, 4.69) is 23.3 Å². The van der Waals surface area contributed by atoms with Crippen molar-refractivity contribution in [2.24, 2.45) is 5.73 Å². The maximum atomic E-state index is 14.3. The molecule has 0 bridgehead atoms. The quantitative estimate of drug-likeness (QED) is 0.828. The standard InChI is InChI=1S/C15H17FN2S2/c1-2-18(10-12-6-4-8-20-12)9-11-5-3-7-13(14(11)16)15(17)19/h3-8H,2,9-10H2,1H3,(H2,17,19). The molecule has 0 aliphatic rings. The molecule has 0 fully saturated rings. The molecule has 2 rings (SSSR count). The second kappa shape index (κ2) is 6.92. The summed E-state index contributed by atoms with van der Waals surface area (Å²) >= 11 is 6.58. The molecule has 106 valence electrons. The predicted molar refractivity (Wildman–Crippen MR) is 86.4 cm³/mol. The van der Waals surface area contributed by atoms with Crippen LogP contribution in [0.15, 0.2) is 35.7 Å². The summed E-state index contributed by atoms with van der Waals surface area (Å²) in [5, 5.41) is 2.05. The third kappa shape index (κ3) is 3.62. The largest absolute Gasteiger partial charge is 0.389 e. The Morgan fingerprint density at radius 3 is 2.70 bits per heavy atom. The lowest BCUT2D eigenvalue weighted by molar-refractivity contribution is 0.269. The molecule has 0 saturated heterocycles. The Kier molecular flexibility index (Phi) is 5.23. The zero-order chi connectivity index (χ0) is 14.5. The van der Waals surface area contributed by atoms with E-state index < -0.39 is 0 Å². The minimum Gasteiger partial charge on any atom is -0.389 e. The molecule has 2 N–H and O–H groups in total. The molecule has 0 atom stereocenters. The van der Waals surface area contributed by atoms with Crippen LogP contribution in [0, 0.1) is 5.82 Å². The highest BCUT2D eigenvalue weighted by Crippen LogP contribution is 2.18. The summed E-state index contributed by atoms with van der Waals surface area (Å²) in [5.74, 6) is -0.301. The SMILES string of the molecule is CCN(Cc1cccs1)Cc1cccc(C(N)=S)c1F. The van der Waals surface area contributed by atoms with Crippen molar-refractivity contribution in [3.05, 3.63) is 57.5 Å². The summed E-state index contributed by atoms with van der Waals surface area (Å²) in [5.41, 5.74) is 6.49. The number of rotatable bonds is 6. The molecular weight excluding hydrogens is 291 g/mol. The molecule has 0 unspecified atom stereocenters. The molecule has 0 aliphatic carbocycles. The normalized spacial score (nSPS) is 10.9. The van der Waals surface area contributed by atoms with Crippen molar-refractivity contribution in [2.45, 2.75) is 20.0 Å². The molecule has 0 spiro atoms. The number of hydrogen-bond acceptors (Lipinski definition) is 3. The zero-order valence-corrected chi connectivity index (χ0v) is 12.9. The van der Waals surface area contributed by atoms with Crippen LogP contribution in [0.4, 0.5) is 4.39 Å². The van der Waals surface area contributed by atoms with Crippen LogP contribution >= 0.6 is 23.6 Å². The summed E-state index contributed by atoms with van der Waals surface area (Å²) < 4.78 is 14.3. The Hall–Kier alpha value is -1.30. The summed E-state index contributed by atoms with van der Waals surface area (Å²) in [6.45, 7) is 4.30. The Bertz CT molecular complexity index is 582. The molecule has 2 nitrogen and oxygen atoms in total. The first kappa shape index (κ1) is 15.1. The fourth-order valence-corrected chi connectivity index (χ4v) is 2.94. The maximum Gasteiger partial charge on any atom is 0.137 e. The van der Waals surface area contributed by atoms with Gasteiger partial charge in [0, 0.05) is 29.1 Å². The van der Waals surface area contributed by atoms with Gasteiger partial charge in [0.2, 0.25) is 0 Å². The van der Waals surface area contributed by atoms with Gasteiger partial charge in [0.25, 0.3) is 0 Å². The van der Waals surface area contributed by atoms with Gasteiger partial charge in [0.05, 0.1) is 0 Å². The molecule has 0 amide bonds. The van der Waals surface area contributed by atoms with Crippen molar-refractivity contribution in [1.29, 1.82) is 0 Å². The van der Waals surface area contributed by atoms with Gasteiger partial charge in [-0.2, -0.15) is 0 Å². The maximum absolute atomic E-state index is 14.3. The fourth-order valence-electron chi connectivity index (χ4n) is 2.04. The molecule has 1 heterocycles. The van der Waals surface area contributed by atoms with Crippen molar-refractivity contribution >= 4 is 28.5 Å². The molecule has 2 aromatic rings. The molecule has 0 radical (unpaired) electrons. The van der Waals surface area contributed by atoms with E-state index in [4.69, 9.17) is 18.0 Å². The van der Waals surface area contributed by atoms with Gasteiger partial charge in [-0.25, -0.2) is 4.39 Å². The first-order valence-corrected chi connectivity index (χ1v) is 7.72. The van der Waals surface area contributed by atoms with Crippen molar-refractivity contribution in [2.75, 3.05) is 6.54 Å². The molecule has 0 aliphatic heterocycles. The van der Waals surface area contributed by atoms with Crippen LogP contribution in [0.25, 0.3) is 0 Å². The average molecular weight is 308 g/mol. The summed E-state index contributed by atoms with van der Waals surface area (Å²) in [4.78, 5) is 3.57.